The van der Waals surface area contributed by atoms with E-state index in [1.165, 1.54) is 17.8 Å². The molecule has 0 radical (unpaired) electrons. The summed E-state index contributed by atoms with van der Waals surface area (Å²) >= 11 is 1.50. The molecule has 0 aliphatic carbocycles. The summed E-state index contributed by atoms with van der Waals surface area (Å²) in [5, 5.41) is 9.53. The van der Waals surface area contributed by atoms with Gasteiger partial charge in [0.25, 0.3) is 0 Å². The molecule has 0 spiro atoms. The summed E-state index contributed by atoms with van der Waals surface area (Å²) in [6.07, 6.45) is 4.06. The lowest BCUT2D eigenvalue weighted by Crippen LogP contribution is -2.42. The van der Waals surface area contributed by atoms with E-state index in [4.69, 9.17) is 4.99 Å². The van der Waals surface area contributed by atoms with Crippen LogP contribution in [0.3, 0.4) is 0 Å². The lowest BCUT2D eigenvalue weighted by molar-refractivity contribution is 0.444. The summed E-state index contributed by atoms with van der Waals surface area (Å²) in [7, 11) is 0. The molecule has 0 saturated carbocycles. The minimum Gasteiger partial charge on any atom is -0.244 e. The summed E-state index contributed by atoms with van der Waals surface area (Å²) in [5.41, 5.74) is 2.06. The van der Waals surface area contributed by atoms with Gasteiger partial charge in [-0.3, -0.25) is 0 Å². The van der Waals surface area contributed by atoms with Crippen molar-refractivity contribution in [2.45, 2.75) is 12.0 Å². The Balaban J connectivity index is 1.97. The molecule has 0 fully saturated rings. The number of halogens is 1. The molecule has 4 nitrogen and oxygen atoms in total. The zero-order chi connectivity index (χ0) is 21.0. The maximum absolute atomic E-state index is 14.7. The first kappa shape index (κ1) is 20.0. The quantitative estimate of drug-likeness (QED) is 0.227. The summed E-state index contributed by atoms with van der Waals surface area (Å²) in [6, 6.07) is 24.2. The van der Waals surface area contributed by atoms with Gasteiger partial charge < -0.3 is 0 Å². The fourth-order valence-electron chi connectivity index (χ4n) is 3.52. The van der Waals surface area contributed by atoms with Crippen molar-refractivity contribution in [1.29, 1.82) is 0 Å². The first-order valence-electron chi connectivity index (χ1n) is 9.54. The van der Waals surface area contributed by atoms with Gasteiger partial charge in [0.2, 0.25) is 0 Å². The standard InChI is InChI=1S/C24H21FN4S/c1-3-24(17-18-11-7-8-14-20(18)25,23(30-2)26-19-12-5-4-6-13-19)29-22-16-10-9-15-21(22)27-28-29/h3-16H,1,17H2,2H3. The molecule has 0 aliphatic rings. The van der Waals surface area contributed by atoms with Crippen molar-refractivity contribution in [3.63, 3.8) is 0 Å². The molecule has 1 heterocycles. The average Bonchev–Trinajstić information content (AvgIpc) is 3.23. The fourth-order valence-corrected chi connectivity index (χ4v) is 4.31. The lowest BCUT2D eigenvalue weighted by Gasteiger charge is -2.32. The van der Waals surface area contributed by atoms with E-state index in [-0.39, 0.29) is 5.82 Å². The Morgan fingerprint density at radius 3 is 2.50 bits per heavy atom. The molecule has 6 heteroatoms. The normalized spacial score (nSPS) is 13.9. The van der Waals surface area contributed by atoms with Crippen molar-refractivity contribution in [2.75, 3.05) is 6.26 Å². The van der Waals surface area contributed by atoms with Crippen molar-refractivity contribution in [1.82, 2.24) is 15.0 Å². The molecule has 3 aromatic carbocycles. The Hall–Kier alpha value is -3.25. The van der Waals surface area contributed by atoms with Gasteiger partial charge in [0.15, 0.2) is 0 Å². The van der Waals surface area contributed by atoms with Crippen LogP contribution in [0.4, 0.5) is 10.1 Å². The molecular formula is C24H21FN4S. The fraction of sp³-hybridized carbons (Fsp3) is 0.125. The van der Waals surface area contributed by atoms with E-state index in [9.17, 15) is 4.39 Å². The van der Waals surface area contributed by atoms with Gasteiger partial charge in [-0.15, -0.1) is 23.4 Å². The lowest BCUT2D eigenvalue weighted by atomic mass is 9.91. The maximum Gasteiger partial charge on any atom is 0.135 e. The zero-order valence-electron chi connectivity index (χ0n) is 16.6. The predicted molar refractivity (Wildman–Crippen MR) is 123 cm³/mol. The number of fused-ring (bicyclic) bond motifs is 1. The maximum atomic E-state index is 14.7. The second kappa shape index (κ2) is 8.63. The highest BCUT2D eigenvalue weighted by molar-refractivity contribution is 8.13. The van der Waals surface area contributed by atoms with Crippen LogP contribution in [0.2, 0.25) is 0 Å². The molecule has 1 aromatic heterocycles. The molecule has 1 unspecified atom stereocenters. The van der Waals surface area contributed by atoms with E-state index in [1.807, 2.05) is 66.9 Å². The van der Waals surface area contributed by atoms with Crippen molar-refractivity contribution in [3.05, 3.63) is 103 Å². The number of nitrogens with zero attached hydrogens (tertiary/aromatic N) is 4. The summed E-state index contributed by atoms with van der Waals surface area (Å²) in [6.45, 7) is 4.13. The monoisotopic (exact) mass is 416 g/mol. The van der Waals surface area contributed by atoms with Gasteiger partial charge in [-0.25, -0.2) is 14.1 Å². The van der Waals surface area contributed by atoms with E-state index in [0.29, 0.717) is 12.0 Å². The van der Waals surface area contributed by atoms with Crippen LogP contribution in [-0.2, 0) is 12.0 Å². The van der Waals surface area contributed by atoms with Crippen LogP contribution in [0.25, 0.3) is 11.0 Å². The molecule has 0 amide bonds. The van der Waals surface area contributed by atoms with E-state index in [1.54, 1.807) is 22.9 Å². The third-order valence-electron chi connectivity index (χ3n) is 5.04. The van der Waals surface area contributed by atoms with Gasteiger partial charge >= 0.3 is 0 Å². The number of benzene rings is 3. The Labute approximate surface area is 179 Å². The number of rotatable bonds is 6. The summed E-state index contributed by atoms with van der Waals surface area (Å²) in [5.74, 6) is -0.270. The van der Waals surface area contributed by atoms with Crippen molar-refractivity contribution in [2.24, 2.45) is 4.99 Å². The molecule has 0 aliphatic heterocycles. The Morgan fingerprint density at radius 2 is 1.77 bits per heavy atom. The van der Waals surface area contributed by atoms with Gasteiger partial charge in [0.05, 0.1) is 11.2 Å². The second-order valence-electron chi connectivity index (χ2n) is 6.84. The molecule has 150 valence electrons. The Kier molecular flexibility index (Phi) is 5.77. The smallest absolute Gasteiger partial charge is 0.135 e. The highest BCUT2D eigenvalue weighted by atomic mass is 32.2. The number of allylic oxidation sites excluding steroid dienone is 1. The van der Waals surface area contributed by atoms with Gasteiger partial charge in [0, 0.05) is 6.42 Å². The molecule has 4 rings (SSSR count). The second-order valence-corrected chi connectivity index (χ2v) is 7.64. The average molecular weight is 417 g/mol. The highest BCUT2D eigenvalue weighted by Crippen LogP contribution is 2.34. The molecular weight excluding hydrogens is 395 g/mol. The van der Waals surface area contributed by atoms with Crippen molar-refractivity contribution >= 4 is 33.5 Å². The van der Waals surface area contributed by atoms with E-state index < -0.39 is 5.54 Å². The topological polar surface area (TPSA) is 43.1 Å². The number of thioether (sulfide) groups is 1. The van der Waals surface area contributed by atoms with Gasteiger partial charge in [-0.05, 0) is 42.2 Å². The summed E-state index contributed by atoms with van der Waals surface area (Å²) < 4.78 is 16.5. The largest absolute Gasteiger partial charge is 0.244 e. The van der Waals surface area contributed by atoms with Crippen LogP contribution >= 0.6 is 11.8 Å². The van der Waals surface area contributed by atoms with E-state index in [2.05, 4.69) is 16.9 Å². The Morgan fingerprint density at radius 1 is 1.07 bits per heavy atom. The minimum atomic E-state index is -0.909. The Bertz CT molecular complexity index is 1200. The molecule has 1 atom stereocenters. The number of para-hydroxylation sites is 2. The van der Waals surface area contributed by atoms with Crippen LogP contribution in [0, 0.1) is 5.82 Å². The summed E-state index contributed by atoms with van der Waals surface area (Å²) in [4.78, 5) is 4.91. The predicted octanol–water partition coefficient (Wildman–Crippen LogP) is 5.79. The van der Waals surface area contributed by atoms with Crippen LogP contribution < -0.4 is 0 Å². The third-order valence-corrected chi connectivity index (χ3v) is 5.87. The first-order chi connectivity index (χ1) is 14.7. The van der Waals surface area contributed by atoms with Gasteiger partial charge in [-0.2, -0.15) is 0 Å². The number of hydrogen-bond acceptors (Lipinski definition) is 4. The SMILES string of the molecule is C=CC(Cc1ccccc1F)(C(=Nc1ccccc1)SC)n1nnc2ccccc21. The highest BCUT2D eigenvalue weighted by Gasteiger charge is 2.38. The van der Waals surface area contributed by atoms with Crippen molar-refractivity contribution < 1.29 is 4.39 Å². The number of aromatic nitrogens is 3. The van der Waals surface area contributed by atoms with E-state index >= 15 is 0 Å². The molecule has 0 N–H and O–H groups in total. The van der Waals surface area contributed by atoms with Crippen LogP contribution in [0.1, 0.15) is 5.56 Å². The first-order valence-corrected chi connectivity index (χ1v) is 10.8. The zero-order valence-corrected chi connectivity index (χ0v) is 17.4. The van der Waals surface area contributed by atoms with Crippen LogP contribution in [-0.4, -0.2) is 26.3 Å². The molecule has 4 aromatic rings. The molecule has 30 heavy (non-hydrogen) atoms. The third kappa shape index (κ3) is 3.66. The van der Waals surface area contributed by atoms with Gasteiger partial charge in [-0.1, -0.05) is 59.8 Å². The number of hydrogen-bond donors (Lipinski definition) is 0. The van der Waals surface area contributed by atoms with Gasteiger partial charge in [0.1, 0.15) is 21.9 Å². The van der Waals surface area contributed by atoms with Crippen molar-refractivity contribution in [3.8, 4) is 0 Å². The minimum absolute atomic E-state index is 0.270. The molecule has 0 saturated heterocycles. The van der Waals surface area contributed by atoms with Crippen LogP contribution in [0.15, 0.2) is 96.5 Å². The van der Waals surface area contributed by atoms with E-state index in [0.717, 1.165) is 21.8 Å². The number of aliphatic imine (C=N–C) groups is 1. The van der Waals surface area contributed by atoms with Crippen LogP contribution in [0.5, 0.6) is 0 Å². The molecule has 0 bridgehead atoms.